The minimum Gasteiger partial charge on any atom is -0.507 e. The highest BCUT2D eigenvalue weighted by molar-refractivity contribution is 5.97. The summed E-state index contributed by atoms with van der Waals surface area (Å²) in [7, 11) is 0. The van der Waals surface area contributed by atoms with Gasteiger partial charge < -0.3 is 19.9 Å². The predicted molar refractivity (Wildman–Crippen MR) is 216 cm³/mol. The Labute approximate surface area is 309 Å². The first-order valence-corrected chi connectivity index (χ1v) is 18.1. The Kier molecular flexibility index (Phi) is 7.97. The fourth-order valence-electron chi connectivity index (χ4n) is 8.06. The highest BCUT2D eigenvalue weighted by atomic mass is 16.3. The Morgan fingerprint density at radius 2 is 1.21 bits per heavy atom. The van der Waals surface area contributed by atoms with Gasteiger partial charge in [-0.15, -0.1) is 0 Å². The zero-order chi connectivity index (χ0) is 36.1. The van der Waals surface area contributed by atoms with E-state index < -0.39 is 0 Å². The summed E-state index contributed by atoms with van der Waals surface area (Å²) < 4.78 is 2.33. The van der Waals surface area contributed by atoms with E-state index in [1.54, 1.807) is 4.90 Å². The average molecular weight is 691 g/mol. The van der Waals surface area contributed by atoms with Crippen LogP contribution in [0.4, 0.5) is 5.69 Å². The van der Waals surface area contributed by atoms with Gasteiger partial charge in [0.25, 0.3) is 0 Å². The molecule has 5 aromatic carbocycles. The second-order valence-electron chi connectivity index (χ2n) is 13.7. The first kappa shape index (κ1) is 32.2. The molecule has 0 saturated carbocycles. The highest BCUT2D eigenvalue weighted by Crippen LogP contribution is 2.45. The van der Waals surface area contributed by atoms with Crippen molar-refractivity contribution < 1.29 is 15.3 Å². The molecule has 2 heterocycles. The van der Waals surface area contributed by atoms with Gasteiger partial charge in [0.2, 0.25) is 5.88 Å². The topological polar surface area (TPSA) is 68.9 Å². The van der Waals surface area contributed by atoms with E-state index in [0.29, 0.717) is 30.5 Å². The fourth-order valence-corrected chi connectivity index (χ4v) is 8.06. The van der Waals surface area contributed by atoms with Crippen LogP contribution in [-0.2, 0) is 6.42 Å². The van der Waals surface area contributed by atoms with Crippen molar-refractivity contribution in [2.24, 2.45) is 0 Å². The molecule has 258 valence electrons. The Hall–Kier alpha value is -6.72. The zero-order valence-corrected chi connectivity index (χ0v) is 29.2. The predicted octanol–water partition coefficient (Wildman–Crippen LogP) is 12.1. The maximum Gasteiger partial charge on any atom is 0.240 e. The molecule has 0 spiro atoms. The molecule has 0 saturated heterocycles. The summed E-state index contributed by atoms with van der Waals surface area (Å²) in [5.41, 5.74) is 12.2. The summed E-state index contributed by atoms with van der Waals surface area (Å²) in [6, 6.07) is 45.4. The van der Waals surface area contributed by atoms with Gasteiger partial charge in [0.15, 0.2) is 5.76 Å². The Morgan fingerprint density at radius 3 is 1.91 bits per heavy atom. The molecular formula is C48H38N2O3. The van der Waals surface area contributed by atoms with Crippen LogP contribution >= 0.6 is 0 Å². The third-order valence-electron chi connectivity index (χ3n) is 10.7. The number of hydrogen-bond donors (Lipinski definition) is 3. The van der Waals surface area contributed by atoms with Crippen molar-refractivity contribution >= 4 is 22.7 Å². The number of fused-ring (bicyclic) bond motifs is 3. The maximum atomic E-state index is 12.1. The summed E-state index contributed by atoms with van der Waals surface area (Å²) in [5.74, 6) is -0.856. The van der Waals surface area contributed by atoms with Crippen molar-refractivity contribution in [3.8, 4) is 27.9 Å². The van der Waals surface area contributed by atoms with Crippen molar-refractivity contribution in [1.29, 1.82) is 0 Å². The molecular weight excluding hydrogens is 653 g/mol. The maximum absolute atomic E-state index is 12.1. The largest absolute Gasteiger partial charge is 0.507 e. The van der Waals surface area contributed by atoms with Crippen LogP contribution < -0.4 is 4.90 Å². The lowest BCUT2D eigenvalue weighted by molar-refractivity contribution is 0.316. The van der Waals surface area contributed by atoms with E-state index in [1.165, 1.54) is 0 Å². The van der Waals surface area contributed by atoms with Gasteiger partial charge in [-0.1, -0.05) is 122 Å². The molecule has 9 rings (SSSR count). The van der Waals surface area contributed by atoms with Crippen molar-refractivity contribution in [3.63, 3.8) is 0 Å². The van der Waals surface area contributed by atoms with Gasteiger partial charge in [0.1, 0.15) is 5.76 Å². The number of benzene rings is 5. The second-order valence-corrected chi connectivity index (χ2v) is 13.7. The van der Waals surface area contributed by atoms with Crippen LogP contribution in [0.2, 0.25) is 0 Å². The first-order chi connectivity index (χ1) is 26.0. The number of anilines is 1. The van der Waals surface area contributed by atoms with E-state index in [9.17, 15) is 15.3 Å². The van der Waals surface area contributed by atoms with Gasteiger partial charge in [-0.2, -0.15) is 0 Å². The molecule has 1 aliphatic heterocycles. The molecule has 2 aliphatic carbocycles. The summed E-state index contributed by atoms with van der Waals surface area (Å²) >= 11 is 0. The third-order valence-corrected chi connectivity index (χ3v) is 10.7. The lowest BCUT2D eigenvalue weighted by atomic mass is 9.85. The summed E-state index contributed by atoms with van der Waals surface area (Å²) in [4.78, 5) is 1.71. The molecule has 0 fully saturated rings. The molecule has 5 nitrogen and oxygen atoms in total. The quantitative estimate of drug-likeness (QED) is 0.168. The summed E-state index contributed by atoms with van der Waals surface area (Å²) in [6.07, 6.45) is 8.62. The molecule has 5 heteroatoms. The van der Waals surface area contributed by atoms with Crippen molar-refractivity contribution in [3.05, 3.63) is 209 Å². The van der Waals surface area contributed by atoms with Crippen LogP contribution in [0.5, 0.6) is 0 Å². The lowest BCUT2D eigenvalue weighted by Gasteiger charge is -2.33. The van der Waals surface area contributed by atoms with Gasteiger partial charge in [-0.25, -0.2) is 0 Å². The number of rotatable bonds is 5. The number of aliphatic hydroxyl groups excluding tert-OH is 3. The molecule has 0 amide bonds. The van der Waals surface area contributed by atoms with Crippen molar-refractivity contribution in [1.82, 2.24) is 4.57 Å². The average Bonchev–Trinajstić information content (AvgIpc) is 3.54. The SMILES string of the molecule is C=C1C2=C(CCC=C2)N(c2ccc(-c3ccccc3)cc2)/C(O)=C(O)\C(C2=Cc3c(n(-c4ccccc4)c4cc(-c5ccccc5)ccc34)CC2)=C/1O. The number of aliphatic hydroxyl groups is 3. The number of allylic oxidation sites excluding steroid dienone is 5. The van der Waals surface area contributed by atoms with Crippen LogP contribution in [0, 0.1) is 0 Å². The number of hydrogen-bond acceptors (Lipinski definition) is 4. The normalized spacial score (nSPS) is 18.8. The van der Waals surface area contributed by atoms with Crippen molar-refractivity contribution in [2.45, 2.75) is 25.7 Å². The van der Waals surface area contributed by atoms with Gasteiger partial charge in [-0.05, 0) is 89.9 Å². The Bertz CT molecular complexity index is 2570. The highest BCUT2D eigenvalue weighted by Gasteiger charge is 2.34. The van der Waals surface area contributed by atoms with E-state index in [-0.39, 0.29) is 23.0 Å². The smallest absolute Gasteiger partial charge is 0.240 e. The van der Waals surface area contributed by atoms with E-state index in [0.717, 1.165) is 73.4 Å². The Balaban J connectivity index is 1.21. The van der Waals surface area contributed by atoms with Crippen molar-refractivity contribution in [2.75, 3.05) is 4.90 Å². The molecule has 3 N–H and O–H groups in total. The van der Waals surface area contributed by atoms with E-state index in [4.69, 9.17) is 0 Å². The Morgan fingerprint density at radius 1 is 0.585 bits per heavy atom. The van der Waals surface area contributed by atoms with Gasteiger partial charge >= 0.3 is 0 Å². The first-order valence-electron chi connectivity index (χ1n) is 18.1. The van der Waals surface area contributed by atoms with Crippen LogP contribution in [0.3, 0.4) is 0 Å². The van der Waals surface area contributed by atoms with Gasteiger partial charge in [-0.3, -0.25) is 4.90 Å². The van der Waals surface area contributed by atoms with Crippen LogP contribution in [0.1, 0.15) is 30.5 Å². The summed E-state index contributed by atoms with van der Waals surface area (Å²) in [6.45, 7) is 4.35. The molecule has 6 aromatic rings. The number of para-hydroxylation sites is 1. The number of nitrogens with zero attached hydrogens (tertiary/aromatic N) is 2. The van der Waals surface area contributed by atoms with Crippen LogP contribution in [0.15, 0.2) is 198 Å². The molecule has 3 aliphatic rings. The van der Waals surface area contributed by atoms with E-state index in [1.807, 2.05) is 60.7 Å². The molecule has 1 aromatic heterocycles. The van der Waals surface area contributed by atoms with Gasteiger partial charge in [0.05, 0.1) is 11.1 Å². The third kappa shape index (κ3) is 5.49. The molecule has 53 heavy (non-hydrogen) atoms. The molecule has 0 bridgehead atoms. The minimum atomic E-state index is -0.384. The molecule has 0 unspecified atom stereocenters. The minimum absolute atomic E-state index is 0.139. The number of aromatic nitrogens is 1. The summed E-state index contributed by atoms with van der Waals surface area (Å²) in [5, 5.41) is 37.2. The van der Waals surface area contributed by atoms with Crippen LogP contribution in [-0.4, -0.2) is 19.9 Å². The zero-order valence-electron chi connectivity index (χ0n) is 29.2. The van der Waals surface area contributed by atoms with Crippen LogP contribution in [0.25, 0.3) is 44.9 Å². The fraction of sp³-hybridized carbons (Fsp3) is 0.0833. The van der Waals surface area contributed by atoms with Gasteiger partial charge in [0, 0.05) is 44.9 Å². The molecule has 0 radical (unpaired) electrons. The van der Waals surface area contributed by atoms with E-state index in [2.05, 4.69) is 102 Å². The standard InChI is InChI=1S/C48H38N2O3/c1-31-39-19-11-12-20-42(39)50(38-25-21-34(22-26-38)32-13-5-2-6-14-32)48(53)47(52)45(46(31)51)36-24-28-43-41(29-36)40-27-23-35(33-15-7-3-8-16-33)30-44(40)49(43)37-17-9-4-10-18-37/h2-11,13-19,21-23,25-27,29-30,51-53H,1,12,20,24,28H2/b46-45+,48-47-. The monoisotopic (exact) mass is 690 g/mol. The molecule has 0 atom stereocenters. The second kappa shape index (κ2) is 13.1. The lowest BCUT2D eigenvalue weighted by Crippen LogP contribution is -2.28. The van der Waals surface area contributed by atoms with E-state index >= 15 is 0 Å².